The zero-order valence-corrected chi connectivity index (χ0v) is 7.57. The van der Waals surface area contributed by atoms with Crippen LogP contribution in [0.3, 0.4) is 0 Å². The van der Waals surface area contributed by atoms with Gasteiger partial charge in [-0.2, -0.15) is 0 Å². The van der Waals surface area contributed by atoms with E-state index in [0.717, 1.165) is 13.0 Å². The standard InChI is InChI=1S/C8H16ClNO/c9-4-7-11-6-3-8-2-1-5-10-8/h8,10H,1-7H2. The summed E-state index contributed by atoms with van der Waals surface area (Å²) < 4.78 is 5.27. The van der Waals surface area contributed by atoms with Gasteiger partial charge in [-0.25, -0.2) is 0 Å². The highest BCUT2D eigenvalue weighted by Gasteiger charge is 2.12. The van der Waals surface area contributed by atoms with E-state index in [0.29, 0.717) is 18.5 Å². The van der Waals surface area contributed by atoms with Crippen LogP contribution in [0.25, 0.3) is 0 Å². The van der Waals surface area contributed by atoms with Crippen molar-refractivity contribution in [1.82, 2.24) is 5.32 Å². The highest BCUT2D eigenvalue weighted by Crippen LogP contribution is 2.08. The van der Waals surface area contributed by atoms with Crippen LogP contribution in [0, 0.1) is 0 Å². The van der Waals surface area contributed by atoms with Crippen LogP contribution in [0.5, 0.6) is 0 Å². The summed E-state index contributed by atoms with van der Waals surface area (Å²) in [5, 5.41) is 3.42. The molecule has 1 unspecified atom stereocenters. The van der Waals surface area contributed by atoms with Crippen LogP contribution >= 0.6 is 11.6 Å². The lowest BCUT2D eigenvalue weighted by Gasteiger charge is -2.08. The van der Waals surface area contributed by atoms with Crippen LogP contribution < -0.4 is 5.32 Å². The number of hydrogen-bond donors (Lipinski definition) is 1. The monoisotopic (exact) mass is 177 g/mol. The Morgan fingerprint density at radius 1 is 1.45 bits per heavy atom. The molecule has 0 radical (unpaired) electrons. The fourth-order valence-electron chi connectivity index (χ4n) is 1.39. The van der Waals surface area contributed by atoms with Crippen molar-refractivity contribution in [2.75, 3.05) is 25.6 Å². The number of halogens is 1. The summed E-state index contributed by atoms with van der Waals surface area (Å²) in [5.74, 6) is 0.609. The first-order valence-corrected chi connectivity index (χ1v) is 4.84. The maximum Gasteiger partial charge on any atom is 0.0601 e. The van der Waals surface area contributed by atoms with Gasteiger partial charge in [-0.05, 0) is 25.8 Å². The number of ether oxygens (including phenoxy) is 1. The summed E-state index contributed by atoms with van der Waals surface area (Å²) in [6.07, 6.45) is 3.77. The van der Waals surface area contributed by atoms with Gasteiger partial charge in [0.15, 0.2) is 0 Å². The van der Waals surface area contributed by atoms with E-state index in [9.17, 15) is 0 Å². The first kappa shape index (κ1) is 9.30. The predicted octanol–water partition coefficient (Wildman–Crippen LogP) is 1.38. The summed E-state index contributed by atoms with van der Waals surface area (Å²) in [6, 6.07) is 0.699. The van der Waals surface area contributed by atoms with E-state index in [2.05, 4.69) is 5.32 Å². The van der Waals surface area contributed by atoms with Crippen LogP contribution in [-0.4, -0.2) is 31.7 Å². The summed E-state index contributed by atoms with van der Waals surface area (Å²) in [7, 11) is 0. The van der Waals surface area contributed by atoms with Crippen molar-refractivity contribution in [1.29, 1.82) is 0 Å². The van der Waals surface area contributed by atoms with Gasteiger partial charge >= 0.3 is 0 Å². The fourth-order valence-corrected chi connectivity index (χ4v) is 1.49. The third-order valence-corrected chi connectivity index (χ3v) is 2.15. The van der Waals surface area contributed by atoms with Gasteiger partial charge in [0.25, 0.3) is 0 Å². The summed E-state index contributed by atoms with van der Waals surface area (Å²) in [6.45, 7) is 2.72. The molecule has 0 bridgehead atoms. The topological polar surface area (TPSA) is 21.3 Å². The molecule has 0 saturated carbocycles. The molecule has 11 heavy (non-hydrogen) atoms. The minimum Gasteiger partial charge on any atom is -0.380 e. The van der Waals surface area contributed by atoms with Gasteiger partial charge in [0.2, 0.25) is 0 Å². The minimum absolute atomic E-state index is 0.609. The summed E-state index contributed by atoms with van der Waals surface area (Å²) in [4.78, 5) is 0. The highest BCUT2D eigenvalue weighted by molar-refractivity contribution is 6.17. The van der Waals surface area contributed by atoms with Crippen LogP contribution in [0.1, 0.15) is 19.3 Å². The van der Waals surface area contributed by atoms with Gasteiger partial charge in [-0.1, -0.05) is 0 Å². The molecule has 0 spiro atoms. The zero-order valence-electron chi connectivity index (χ0n) is 6.81. The Morgan fingerprint density at radius 2 is 2.36 bits per heavy atom. The van der Waals surface area contributed by atoms with Crippen LogP contribution in [0.2, 0.25) is 0 Å². The molecule has 1 saturated heterocycles. The maximum atomic E-state index is 5.46. The molecule has 0 amide bonds. The first-order chi connectivity index (χ1) is 5.43. The lowest BCUT2D eigenvalue weighted by molar-refractivity contribution is 0.140. The van der Waals surface area contributed by atoms with Gasteiger partial charge < -0.3 is 10.1 Å². The Bertz CT molecular complexity index is 94.1. The number of hydrogen-bond acceptors (Lipinski definition) is 2. The Balaban J connectivity index is 1.86. The molecule has 0 aromatic heterocycles. The highest BCUT2D eigenvalue weighted by atomic mass is 35.5. The van der Waals surface area contributed by atoms with Gasteiger partial charge in [0.1, 0.15) is 0 Å². The molecular formula is C8H16ClNO. The summed E-state index contributed by atoms with van der Waals surface area (Å²) >= 11 is 5.46. The van der Waals surface area contributed by atoms with E-state index in [1.54, 1.807) is 0 Å². The second-order valence-corrected chi connectivity index (χ2v) is 3.26. The fraction of sp³-hybridized carbons (Fsp3) is 1.00. The number of nitrogens with one attached hydrogen (secondary N) is 1. The van der Waals surface area contributed by atoms with Crippen molar-refractivity contribution in [3.05, 3.63) is 0 Å². The molecule has 0 aromatic carbocycles. The van der Waals surface area contributed by atoms with Gasteiger partial charge in [-0.15, -0.1) is 11.6 Å². The molecule has 1 fully saturated rings. The van der Waals surface area contributed by atoms with Crippen molar-refractivity contribution in [3.63, 3.8) is 0 Å². The third kappa shape index (κ3) is 3.94. The van der Waals surface area contributed by atoms with E-state index in [-0.39, 0.29) is 0 Å². The Labute approximate surface area is 73.3 Å². The van der Waals surface area contributed by atoms with E-state index in [4.69, 9.17) is 16.3 Å². The second-order valence-electron chi connectivity index (χ2n) is 2.88. The maximum absolute atomic E-state index is 5.46. The molecule has 1 aliphatic heterocycles. The van der Waals surface area contributed by atoms with Crippen LogP contribution in [0.15, 0.2) is 0 Å². The van der Waals surface area contributed by atoms with Crippen LogP contribution in [0.4, 0.5) is 0 Å². The summed E-state index contributed by atoms with van der Waals surface area (Å²) in [5.41, 5.74) is 0. The first-order valence-electron chi connectivity index (χ1n) is 4.30. The normalized spacial score (nSPS) is 24.3. The Kier molecular flexibility index (Phi) is 4.91. The average molecular weight is 178 g/mol. The van der Waals surface area contributed by atoms with Crippen molar-refractivity contribution in [2.45, 2.75) is 25.3 Å². The lowest BCUT2D eigenvalue weighted by Crippen LogP contribution is -2.22. The molecule has 3 heteroatoms. The number of alkyl halides is 1. The van der Waals surface area contributed by atoms with E-state index in [1.807, 2.05) is 0 Å². The SMILES string of the molecule is ClCCOCCC1CCCN1. The largest absolute Gasteiger partial charge is 0.380 e. The molecule has 66 valence electrons. The molecule has 0 aromatic rings. The quantitative estimate of drug-likeness (QED) is 0.506. The van der Waals surface area contributed by atoms with E-state index in [1.165, 1.54) is 19.4 Å². The van der Waals surface area contributed by atoms with Crippen molar-refractivity contribution >= 4 is 11.6 Å². The van der Waals surface area contributed by atoms with Crippen LogP contribution in [-0.2, 0) is 4.74 Å². The lowest BCUT2D eigenvalue weighted by atomic mass is 10.2. The zero-order chi connectivity index (χ0) is 7.94. The average Bonchev–Trinajstić information content (AvgIpc) is 2.50. The molecule has 1 atom stereocenters. The number of rotatable bonds is 5. The molecule has 1 N–H and O–H groups in total. The van der Waals surface area contributed by atoms with E-state index >= 15 is 0 Å². The predicted molar refractivity (Wildman–Crippen MR) is 47.2 cm³/mol. The molecule has 1 heterocycles. The van der Waals surface area contributed by atoms with Crippen molar-refractivity contribution in [2.24, 2.45) is 0 Å². The molecule has 0 aliphatic carbocycles. The van der Waals surface area contributed by atoms with Crippen molar-refractivity contribution in [3.8, 4) is 0 Å². The van der Waals surface area contributed by atoms with Gasteiger partial charge in [-0.3, -0.25) is 0 Å². The smallest absolute Gasteiger partial charge is 0.0601 e. The molecule has 2 nitrogen and oxygen atoms in total. The molecule has 1 rings (SSSR count). The van der Waals surface area contributed by atoms with Gasteiger partial charge in [0.05, 0.1) is 6.61 Å². The Hall–Kier alpha value is 0.210. The van der Waals surface area contributed by atoms with Gasteiger partial charge in [0, 0.05) is 18.5 Å². The second kappa shape index (κ2) is 5.81. The van der Waals surface area contributed by atoms with Crippen molar-refractivity contribution < 1.29 is 4.74 Å². The molecular weight excluding hydrogens is 162 g/mol. The Morgan fingerprint density at radius 3 is 3.00 bits per heavy atom. The minimum atomic E-state index is 0.609. The molecule has 1 aliphatic rings. The van der Waals surface area contributed by atoms with E-state index < -0.39 is 0 Å². The third-order valence-electron chi connectivity index (χ3n) is 1.99.